The van der Waals surface area contributed by atoms with E-state index in [4.69, 9.17) is 16.2 Å². The van der Waals surface area contributed by atoms with Gasteiger partial charge in [-0.2, -0.15) is 0 Å². The minimum absolute atomic E-state index is 0.00721. The Kier molecular flexibility index (Phi) is 8.41. The molecule has 1 aliphatic rings. The van der Waals surface area contributed by atoms with Crippen molar-refractivity contribution < 1.29 is 19.7 Å². The fraction of sp³-hybridized carbons (Fsp3) is 0.423. The highest BCUT2D eigenvalue weighted by Crippen LogP contribution is 2.42. The zero-order valence-corrected chi connectivity index (χ0v) is 20.0. The number of aliphatic hydroxyl groups excluding tert-OH is 1. The molecule has 8 heteroatoms. The number of likely N-dealkylation sites (N-methyl/N-ethyl adjacent to an activating group) is 1. The topological polar surface area (TPSA) is 138 Å². The molecule has 0 saturated carbocycles. The quantitative estimate of drug-likeness (QED) is 0.338. The number of aliphatic hydroxyl groups is 1. The molecule has 8 nitrogen and oxygen atoms in total. The number of nitrogen functional groups attached to an aromatic ring is 1. The second-order valence-corrected chi connectivity index (χ2v) is 8.73. The number of nitrogens with one attached hydrogen (secondary N) is 1. The van der Waals surface area contributed by atoms with E-state index in [-0.39, 0.29) is 36.3 Å². The fourth-order valence-corrected chi connectivity index (χ4v) is 4.65. The lowest BCUT2D eigenvalue weighted by Crippen LogP contribution is -2.39. The standard InChI is InChI=1S/C26H36N4O4/c1-4-16(13-17(15-31)30(3)23(33)5-2)25-24(22-11-8-12-34-22)19(26(28)29-25)14-20(27)18-9-6-7-10-21(18)32/h5-7,9-10,14,16-17,22,29,31-32H,2,4,8,11-13,15,27-28H2,1,3H3/b20-14-/t16-,17+,22?/m1/s1. The molecule has 1 saturated heterocycles. The Morgan fingerprint density at radius 3 is 2.74 bits per heavy atom. The molecule has 3 rings (SSSR count). The second kappa shape index (κ2) is 11.3. The van der Waals surface area contributed by atoms with Crippen molar-refractivity contribution in [1.29, 1.82) is 0 Å². The molecular weight excluding hydrogens is 432 g/mol. The Morgan fingerprint density at radius 2 is 2.15 bits per heavy atom. The summed E-state index contributed by atoms with van der Waals surface area (Å²) in [5, 5.41) is 20.2. The van der Waals surface area contributed by atoms with E-state index in [1.54, 1.807) is 31.3 Å². The molecule has 1 amide bonds. The lowest BCUT2D eigenvalue weighted by molar-refractivity contribution is -0.127. The molecule has 2 aromatic rings. The Labute approximate surface area is 200 Å². The number of rotatable bonds is 10. The molecule has 34 heavy (non-hydrogen) atoms. The third-order valence-corrected chi connectivity index (χ3v) is 6.64. The molecule has 0 bridgehead atoms. The highest BCUT2D eigenvalue weighted by atomic mass is 16.5. The summed E-state index contributed by atoms with van der Waals surface area (Å²) < 4.78 is 6.05. The van der Waals surface area contributed by atoms with Gasteiger partial charge >= 0.3 is 0 Å². The van der Waals surface area contributed by atoms with Gasteiger partial charge in [-0.3, -0.25) is 4.79 Å². The first-order valence-corrected chi connectivity index (χ1v) is 11.7. The third-order valence-electron chi connectivity index (χ3n) is 6.64. The number of benzene rings is 1. The van der Waals surface area contributed by atoms with E-state index in [0.717, 1.165) is 36.1 Å². The molecule has 1 aromatic heterocycles. The van der Waals surface area contributed by atoms with Gasteiger partial charge in [-0.1, -0.05) is 25.6 Å². The number of aromatic nitrogens is 1. The van der Waals surface area contributed by atoms with Crippen LogP contribution in [0.15, 0.2) is 36.9 Å². The van der Waals surface area contributed by atoms with Gasteiger partial charge in [0.25, 0.3) is 0 Å². The van der Waals surface area contributed by atoms with Gasteiger partial charge in [0.2, 0.25) is 5.91 Å². The number of nitrogens with zero attached hydrogens (tertiary/aromatic N) is 1. The van der Waals surface area contributed by atoms with Gasteiger partial charge in [0.05, 0.1) is 18.8 Å². The lowest BCUT2D eigenvalue weighted by atomic mass is 9.88. The average Bonchev–Trinajstić information content (AvgIpc) is 3.47. The number of aromatic amines is 1. The average molecular weight is 469 g/mol. The summed E-state index contributed by atoms with van der Waals surface area (Å²) in [5.74, 6) is 0.315. The van der Waals surface area contributed by atoms with Crippen molar-refractivity contribution in [3.05, 3.63) is 59.3 Å². The van der Waals surface area contributed by atoms with Crippen LogP contribution in [0, 0.1) is 0 Å². The number of carbonyl (C=O) groups excluding carboxylic acids is 1. The van der Waals surface area contributed by atoms with Crippen LogP contribution in [0.2, 0.25) is 0 Å². The van der Waals surface area contributed by atoms with Gasteiger partial charge in [-0.15, -0.1) is 0 Å². The van der Waals surface area contributed by atoms with Gasteiger partial charge in [0.15, 0.2) is 0 Å². The zero-order valence-electron chi connectivity index (χ0n) is 20.0. The summed E-state index contributed by atoms with van der Waals surface area (Å²) in [6, 6.07) is 6.52. The number of hydrogen-bond acceptors (Lipinski definition) is 6. The predicted molar refractivity (Wildman–Crippen MR) is 135 cm³/mol. The maximum absolute atomic E-state index is 12.1. The van der Waals surface area contributed by atoms with Crippen LogP contribution in [-0.2, 0) is 9.53 Å². The van der Waals surface area contributed by atoms with Gasteiger partial charge in [0.1, 0.15) is 11.6 Å². The maximum Gasteiger partial charge on any atom is 0.246 e. The highest BCUT2D eigenvalue weighted by molar-refractivity contribution is 5.87. The van der Waals surface area contributed by atoms with Crippen molar-refractivity contribution in [2.24, 2.45) is 5.73 Å². The number of para-hydroxylation sites is 1. The number of phenols is 1. The molecule has 3 atom stereocenters. The summed E-state index contributed by atoms with van der Waals surface area (Å²) in [4.78, 5) is 17.0. The Bertz CT molecular complexity index is 1040. The zero-order chi connectivity index (χ0) is 24.8. The van der Waals surface area contributed by atoms with Crippen molar-refractivity contribution in [2.75, 3.05) is 26.0 Å². The molecule has 2 heterocycles. The van der Waals surface area contributed by atoms with Crippen molar-refractivity contribution in [2.45, 2.75) is 50.7 Å². The Hall–Kier alpha value is -3.23. The van der Waals surface area contributed by atoms with E-state index in [9.17, 15) is 15.0 Å². The minimum atomic E-state index is -0.373. The van der Waals surface area contributed by atoms with E-state index in [0.29, 0.717) is 30.1 Å². The van der Waals surface area contributed by atoms with E-state index < -0.39 is 0 Å². The molecule has 184 valence electrons. The fourth-order valence-electron chi connectivity index (χ4n) is 4.65. The first-order valence-electron chi connectivity index (χ1n) is 11.7. The van der Waals surface area contributed by atoms with E-state index in [1.807, 2.05) is 6.07 Å². The van der Waals surface area contributed by atoms with Crippen LogP contribution in [0.3, 0.4) is 0 Å². The highest BCUT2D eigenvalue weighted by Gasteiger charge is 2.31. The SMILES string of the molecule is C=CC(=O)N(C)[C@H](CO)C[C@@H](CC)c1[nH]c(N)c(/C=C(\N)c2ccccc2O)c1C1CCCO1. The molecule has 0 aliphatic carbocycles. The van der Waals surface area contributed by atoms with Crippen molar-refractivity contribution >= 4 is 23.5 Å². The number of anilines is 1. The van der Waals surface area contributed by atoms with Crippen molar-refractivity contribution in [3.8, 4) is 5.75 Å². The van der Waals surface area contributed by atoms with Crippen molar-refractivity contribution in [1.82, 2.24) is 9.88 Å². The summed E-state index contributed by atoms with van der Waals surface area (Å²) in [7, 11) is 1.67. The van der Waals surface area contributed by atoms with E-state index >= 15 is 0 Å². The number of amides is 1. The van der Waals surface area contributed by atoms with Gasteiger partial charge in [-0.25, -0.2) is 0 Å². The van der Waals surface area contributed by atoms with E-state index in [2.05, 4.69) is 18.5 Å². The van der Waals surface area contributed by atoms with Crippen LogP contribution < -0.4 is 11.5 Å². The van der Waals surface area contributed by atoms with Gasteiger partial charge < -0.3 is 36.3 Å². The Morgan fingerprint density at radius 1 is 1.41 bits per heavy atom. The van der Waals surface area contributed by atoms with Crippen LogP contribution in [0.25, 0.3) is 11.8 Å². The molecule has 1 aromatic carbocycles. The van der Waals surface area contributed by atoms with Crippen LogP contribution in [0.4, 0.5) is 5.82 Å². The lowest BCUT2D eigenvalue weighted by Gasteiger charge is -2.29. The van der Waals surface area contributed by atoms with Crippen LogP contribution >= 0.6 is 0 Å². The monoisotopic (exact) mass is 468 g/mol. The van der Waals surface area contributed by atoms with Crippen molar-refractivity contribution in [3.63, 3.8) is 0 Å². The number of nitrogens with two attached hydrogens (primary N) is 2. The van der Waals surface area contributed by atoms with E-state index in [1.165, 1.54) is 11.0 Å². The second-order valence-electron chi connectivity index (χ2n) is 8.73. The maximum atomic E-state index is 12.1. The molecule has 0 spiro atoms. The first kappa shape index (κ1) is 25.4. The molecule has 0 radical (unpaired) electrons. The summed E-state index contributed by atoms with van der Waals surface area (Å²) >= 11 is 0. The minimum Gasteiger partial charge on any atom is -0.507 e. The van der Waals surface area contributed by atoms with Gasteiger partial charge in [0, 0.05) is 47.7 Å². The van der Waals surface area contributed by atoms with Crippen LogP contribution in [0.5, 0.6) is 5.75 Å². The molecule has 1 unspecified atom stereocenters. The Balaban J connectivity index is 2.05. The number of phenolic OH excluding ortho intramolecular Hbond substituents is 1. The van der Waals surface area contributed by atoms with Crippen LogP contribution in [-0.4, -0.2) is 52.3 Å². The summed E-state index contributed by atoms with van der Waals surface area (Å²) in [6.45, 7) is 6.12. The smallest absolute Gasteiger partial charge is 0.246 e. The largest absolute Gasteiger partial charge is 0.507 e. The molecule has 1 fully saturated rings. The molecule has 1 aliphatic heterocycles. The summed E-state index contributed by atoms with van der Waals surface area (Å²) in [5.41, 5.74) is 16.4. The van der Waals surface area contributed by atoms with Gasteiger partial charge in [-0.05, 0) is 50.0 Å². The normalized spacial score (nSPS) is 18.0. The number of aromatic hydroxyl groups is 1. The number of H-pyrrole nitrogens is 1. The number of carbonyl (C=O) groups is 1. The third kappa shape index (κ3) is 5.29. The number of ether oxygens (including phenoxy) is 1. The predicted octanol–water partition coefficient (Wildman–Crippen LogP) is 3.50. The molecular formula is C26H36N4O4. The number of hydrogen-bond donors (Lipinski definition) is 5. The molecule has 7 N–H and O–H groups in total. The van der Waals surface area contributed by atoms with Crippen LogP contribution in [0.1, 0.15) is 67.0 Å². The first-order chi connectivity index (χ1) is 16.3. The summed E-state index contributed by atoms with van der Waals surface area (Å²) in [6.07, 6.45) is 6.01.